The molecule has 3 aliphatic rings. The van der Waals surface area contributed by atoms with Gasteiger partial charge in [-0.2, -0.15) is 26.3 Å². The third kappa shape index (κ3) is 7.10. The Kier molecular flexibility index (Phi) is 9.67. The second-order valence-electron chi connectivity index (χ2n) is 17.9. The molecule has 5 aromatic rings. The predicted molar refractivity (Wildman–Crippen MR) is 222 cm³/mol. The molecule has 1 heterocycles. The van der Waals surface area contributed by atoms with Crippen LogP contribution in [0.1, 0.15) is 119 Å². The first-order valence-corrected chi connectivity index (χ1v) is 20.1. The van der Waals surface area contributed by atoms with Crippen molar-refractivity contribution in [3.63, 3.8) is 0 Å². The average Bonchev–Trinajstić information content (AvgIpc) is 3.49. The predicted octanol–water partition coefficient (Wildman–Crippen LogP) is 12.8. The second kappa shape index (κ2) is 14.0. The summed E-state index contributed by atoms with van der Waals surface area (Å²) in [4.78, 5) is 2.47. The minimum atomic E-state index is -5.00. The Morgan fingerprint density at radius 2 is 1.09 bits per heavy atom. The third-order valence-corrected chi connectivity index (χ3v) is 12.7. The summed E-state index contributed by atoms with van der Waals surface area (Å²) in [6, 6.07) is 29.6. The number of rotatable bonds is 6. The number of aryl methyl sites for hydroxylation is 2. The maximum atomic E-state index is 13.9. The first kappa shape index (κ1) is 40.1. The number of benzene rings is 5. The topological polar surface area (TPSA) is 27.3 Å². The summed E-state index contributed by atoms with van der Waals surface area (Å²) in [5.74, 6) is 0. The van der Waals surface area contributed by atoms with Gasteiger partial charge in [0.1, 0.15) is 0 Å². The van der Waals surface area contributed by atoms with E-state index in [1.54, 1.807) is 0 Å². The van der Waals surface area contributed by atoms with E-state index in [2.05, 4.69) is 93.5 Å². The minimum absolute atomic E-state index is 0.0642. The van der Waals surface area contributed by atoms with Crippen LogP contribution in [0.25, 0.3) is 0 Å². The molecule has 302 valence electrons. The van der Waals surface area contributed by atoms with Gasteiger partial charge in [-0.1, -0.05) is 124 Å². The third-order valence-electron chi connectivity index (χ3n) is 12.5. The molecule has 8 rings (SSSR count). The Morgan fingerprint density at radius 1 is 0.638 bits per heavy atom. The maximum Gasteiger partial charge on any atom is 0.416 e. The van der Waals surface area contributed by atoms with Crippen molar-refractivity contribution in [3.8, 4) is 0 Å². The highest BCUT2D eigenvalue weighted by Crippen LogP contribution is 2.65. The number of nitrogens with one attached hydrogen (secondary N) is 2. The quantitative estimate of drug-likeness (QED) is 0.132. The first-order chi connectivity index (χ1) is 27.2. The summed E-state index contributed by atoms with van der Waals surface area (Å²) in [6.07, 6.45) is -7.98. The van der Waals surface area contributed by atoms with E-state index in [-0.39, 0.29) is 27.4 Å². The monoisotopic (exact) mass is 811 g/mol. The lowest BCUT2D eigenvalue weighted by molar-refractivity contribution is -0.143. The van der Waals surface area contributed by atoms with Crippen LogP contribution in [0.3, 0.4) is 0 Å². The molecule has 3 nitrogen and oxygen atoms in total. The zero-order valence-corrected chi connectivity index (χ0v) is 34.2. The number of alkyl halides is 6. The Bertz CT molecular complexity index is 2290. The normalized spacial score (nSPS) is 18.7. The molecule has 1 aliphatic heterocycles. The summed E-state index contributed by atoms with van der Waals surface area (Å²) in [5, 5.41) is 6.01. The Hall–Kier alpha value is -4.67. The van der Waals surface area contributed by atoms with Gasteiger partial charge in [-0.15, -0.1) is 0 Å². The molecule has 0 aromatic heterocycles. The van der Waals surface area contributed by atoms with Gasteiger partial charge in [0.25, 0.3) is 0 Å². The Balaban J connectivity index is 1.29. The number of halogens is 6. The standard InChI is InChI=1S/C48H47F6N3S/c1-28-17-32-24-57(25-33-18-29(2)20-38-40(33)46(27-45(38,5)6)26-44(3,4)37(19-28)39(32)46)42(31-15-11-8-12-16-31)41(30-13-9-7-10-14-30)56-43(58)55-36-22-34(47(49,50)51)21-35(23-36)48(52,53)54/h7-23,41-42H,24-27H2,1-6H3,(H2,55,56,58)/t41-,42-,46?/m1/s1. The van der Waals surface area contributed by atoms with E-state index in [4.69, 9.17) is 12.2 Å². The molecule has 2 aliphatic carbocycles. The molecule has 2 N–H and O–H groups in total. The second-order valence-corrected chi connectivity index (χ2v) is 18.3. The molecule has 0 amide bonds. The molecule has 0 radical (unpaired) electrons. The van der Waals surface area contributed by atoms with Gasteiger partial charge >= 0.3 is 12.4 Å². The lowest BCUT2D eigenvalue weighted by Gasteiger charge is -2.42. The number of hydrogen-bond donors (Lipinski definition) is 2. The van der Waals surface area contributed by atoms with Crippen LogP contribution in [0.15, 0.2) is 103 Å². The zero-order chi connectivity index (χ0) is 41.6. The molecule has 0 saturated carbocycles. The van der Waals surface area contributed by atoms with Crippen LogP contribution in [0.2, 0.25) is 0 Å². The van der Waals surface area contributed by atoms with Gasteiger partial charge < -0.3 is 10.6 Å². The molecule has 10 heteroatoms. The molecule has 2 atom stereocenters. The van der Waals surface area contributed by atoms with Gasteiger partial charge in [-0.25, -0.2) is 0 Å². The van der Waals surface area contributed by atoms with E-state index in [1.165, 1.54) is 44.5 Å². The van der Waals surface area contributed by atoms with Crippen molar-refractivity contribution in [3.05, 3.63) is 170 Å². The molecule has 0 saturated heterocycles. The summed E-state index contributed by atoms with van der Waals surface area (Å²) >= 11 is 5.79. The fourth-order valence-corrected chi connectivity index (χ4v) is 11.0. The van der Waals surface area contributed by atoms with Crippen molar-refractivity contribution >= 4 is 23.0 Å². The van der Waals surface area contributed by atoms with E-state index in [1.807, 2.05) is 48.5 Å². The van der Waals surface area contributed by atoms with Gasteiger partial charge in [0.05, 0.1) is 23.2 Å². The summed E-state index contributed by atoms with van der Waals surface area (Å²) < 4.78 is 83.2. The molecule has 5 aromatic carbocycles. The lowest BCUT2D eigenvalue weighted by atomic mass is 9.69. The molecule has 1 spiro atoms. The largest absolute Gasteiger partial charge is 0.416 e. The van der Waals surface area contributed by atoms with Gasteiger partial charge in [0.2, 0.25) is 0 Å². The van der Waals surface area contributed by atoms with E-state index in [0.717, 1.165) is 24.0 Å². The lowest BCUT2D eigenvalue weighted by Crippen LogP contribution is -2.43. The van der Waals surface area contributed by atoms with Crippen molar-refractivity contribution in [1.29, 1.82) is 0 Å². The Morgan fingerprint density at radius 3 is 1.53 bits per heavy atom. The van der Waals surface area contributed by atoms with Gasteiger partial charge in [-0.05, 0) is 112 Å². The summed E-state index contributed by atoms with van der Waals surface area (Å²) in [5.41, 5.74) is 8.83. The first-order valence-electron chi connectivity index (χ1n) is 19.7. The van der Waals surface area contributed by atoms with E-state index < -0.39 is 41.3 Å². The maximum absolute atomic E-state index is 13.9. The van der Waals surface area contributed by atoms with Crippen molar-refractivity contribution in [2.24, 2.45) is 0 Å². The fourth-order valence-electron chi connectivity index (χ4n) is 10.7. The minimum Gasteiger partial charge on any atom is -0.354 e. The highest BCUT2D eigenvalue weighted by atomic mass is 32.1. The summed E-state index contributed by atoms with van der Waals surface area (Å²) in [6.45, 7) is 15.0. The number of anilines is 1. The summed E-state index contributed by atoms with van der Waals surface area (Å²) in [7, 11) is 0. The Labute approximate surface area is 341 Å². The fraction of sp³-hybridized carbons (Fsp3) is 0.354. The van der Waals surface area contributed by atoms with Crippen LogP contribution in [-0.4, -0.2) is 10.0 Å². The van der Waals surface area contributed by atoms with Crippen molar-refractivity contribution in [2.75, 3.05) is 5.32 Å². The van der Waals surface area contributed by atoms with E-state index in [9.17, 15) is 26.3 Å². The van der Waals surface area contributed by atoms with Crippen LogP contribution in [-0.2, 0) is 41.7 Å². The molecule has 0 bridgehead atoms. The molecule has 0 fully saturated rings. The van der Waals surface area contributed by atoms with E-state index in [0.29, 0.717) is 25.2 Å². The molecule has 58 heavy (non-hydrogen) atoms. The molecule has 0 unspecified atom stereocenters. The average molecular weight is 812 g/mol. The highest BCUT2D eigenvalue weighted by Gasteiger charge is 2.58. The van der Waals surface area contributed by atoms with Crippen molar-refractivity contribution in [2.45, 2.75) is 108 Å². The van der Waals surface area contributed by atoms with Crippen LogP contribution in [0, 0.1) is 13.8 Å². The highest BCUT2D eigenvalue weighted by molar-refractivity contribution is 7.80. The zero-order valence-electron chi connectivity index (χ0n) is 33.4. The van der Waals surface area contributed by atoms with Crippen LogP contribution in [0.5, 0.6) is 0 Å². The van der Waals surface area contributed by atoms with Crippen molar-refractivity contribution in [1.82, 2.24) is 10.2 Å². The molecular formula is C48H47F6N3S. The van der Waals surface area contributed by atoms with Crippen LogP contribution >= 0.6 is 12.2 Å². The number of hydrogen-bond acceptors (Lipinski definition) is 2. The van der Waals surface area contributed by atoms with Crippen LogP contribution < -0.4 is 10.6 Å². The SMILES string of the molecule is Cc1cc2c3c(c1)C(C)(C)CC31CC(C)(C)c3cc(C)cc(c31)CN([C@H](c1ccccc1)[C@H](NC(=S)Nc1cc(C(F)(F)F)cc(C(F)(F)F)c1)c1ccccc1)C2. The van der Waals surface area contributed by atoms with Gasteiger partial charge in [-0.3, -0.25) is 4.90 Å². The van der Waals surface area contributed by atoms with E-state index >= 15 is 0 Å². The van der Waals surface area contributed by atoms with Crippen LogP contribution in [0.4, 0.5) is 32.0 Å². The van der Waals surface area contributed by atoms with Crippen molar-refractivity contribution < 1.29 is 26.3 Å². The van der Waals surface area contributed by atoms with Gasteiger partial charge in [0, 0.05) is 24.2 Å². The van der Waals surface area contributed by atoms with Gasteiger partial charge in [0.15, 0.2) is 5.11 Å². The number of thiocarbonyl (C=S) groups is 1. The number of nitrogens with zero attached hydrogens (tertiary/aromatic N) is 1. The molecular weight excluding hydrogens is 765 g/mol. The smallest absolute Gasteiger partial charge is 0.354 e.